The highest BCUT2D eigenvalue weighted by molar-refractivity contribution is 7.18. The molecule has 1 aromatic heterocycles. The van der Waals surface area contributed by atoms with Crippen molar-refractivity contribution in [2.45, 2.75) is 18.8 Å². The van der Waals surface area contributed by atoms with Gasteiger partial charge in [-0.05, 0) is 49.7 Å². The Balaban J connectivity index is 1.36. The summed E-state index contributed by atoms with van der Waals surface area (Å²) in [4.78, 5) is 33.5. The van der Waals surface area contributed by atoms with E-state index in [1.807, 2.05) is 18.2 Å². The first kappa shape index (κ1) is 17.8. The summed E-state index contributed by atoms with van der Waals surface area (Å²) in [7, 11) is 0. The van der Waals surface area contributed by atoms with E-state index in [2.05, 4.69) is 11.0 Å². The SMILES string of the molecule is O=C1C(=O)N(CN2CCC[C@@H](c3nc4ccccc4s3)C2)c2ccc(Cl)cc21. The topological polar surface area (TPSA) is 53.5 Å². The fraction of sp³-hybridized carbons (Fsp3) is 0.286. The second-order valence-electron chi connectivity index (χ2n) is 7.30. The van der Waals surface area contributed by atoms with Gasteiger partial charge in [0.25, 0.3) is 5.78 Å². The molecule has 142 valence electrons. The number of thiazole rings is 1. The molecule has 3 heterocycles. The Kier molecular flexibility index (Phi) is 4.42. The zero-order chi connectivity index (χ0) is 19.3. The molecule has 7 heteroatoms. The Morgan fingerprint density at radius 1 is 1.18 bits per heavy atom. The Hall–Kier alpha value is -2.28. The third kappa shape index (κ3) is 3.02. The van der Waals surface area contributed by atoms with E-state index in [1.54, 1.807) is 34.4 Å². The molecule has 0 bridgehead atoms. The summed E-state index contributed by atoms with van der Waals surface area (Å²) in [5.41, 5.74) is 2.10. The molecule has 2 aliphatic rings. The van der Waals surface area contributed by atoms with Crippen molar-refractivity contribution in [3.05, 3.63) is 58.1 Å². The van der Waals surface area contributed by atoms with Crippen molar-refractivity contribution in [2.75, 3.05) is 24.7 Å². The fourth-order valence-electron chi connectivity index (χ4n) is 4.06. The number of nitrogens with zero attached hydrogens (tertiary/aromatic N) is 3. The van der Waals surface area contributed by atoms with Gasteiger partial charge in [-0.2, -0.15) is 0 Å². The molecule has 5 nitrogen and oxygen atoms in total. The van der Waals surface area contributed by atoms with Crippen LogP contribution in [0.4, 0.5) is 5.69 Å². The number of hydrogen-bond donors (Lipinski definition) is 0. The average Bonchev–Trinajstić information content (AvgIpc) is 3.24. The van der Waals surface area contributed by atoms with E-state index in [-0.39, 0.29) is 0 Å². The summed E-state index contributed by atoms with van der Waals surface area (Å²) in [6, 6.07) is 13.3. The number of Topliss-reactive ketones (excluding diaryl/α,β-unsaturated/α-hetero) is 1. The molecular weight excluding hydrogens is 394 g/mol. The fourth-order valence-corrected chi connectivity index (χ4v) is 5.33. The minimum atomic E-state index is -0.475. The molecule has 2 aromatic carbocycles. The summed E-state index contributed by atoms with van der Waals surface area (Å²) in [5.74, 6) is -0.596. The monoisotopic (exact) mass is 411 g/mol. The van der Waals surface area contributed by atoms with Gasteiger partial charge in [-0.25, -0.2) is 4.98 Å². The summed E-state index contributed by atoms with van der Waals surface area (Å²) < 4.78 is 1.21. The standard InChI is InChI=1S/C21H18ClN3O2S/c22-14-7-8-17-15(10-14)19(26)21(27)25(17)12-24-9-3-4-13(11-24)20-23-16-5-1-2-6-18(16)28-20/h1-2,5-8,10,13H,3-4,9,11-12H2/t13-/m1/s1. The van der Waals surface area contributed by atoms with Gasteiger partial charge in [0.15, 0.2) is 0 Å². The lowest BCUT2D eigenvalue weighted by atomic mass is 9.99. The maximum atomic E-state index is 12.5. The first-order valence-corrected chi connectivity index (χ1v) is 10.5. The highest BCUT2D eigenvalue weighted by atomic mass is 35.5. The number of aromatic nitrogens is 1. The van der Waals surface area contributed by atoms with Gasteiger partial charge in [-0.15, -0.1) is 11.3 Å². The highest BCUT2D eigenvalue weighted by Crippen LogP contribution is 2.35. The molecule has 0 unspecified atom stereocenters. The van der Waals surface area contributed by atoms with E-state index in [0.717, 1.165) is 36.5 Å². The molecule has 28 heavy (non-hydrogen) atoms. The molecule has 0 saturated carbocycles. The molecule has 0 aliphatic carbocycles. The van der Waals surface area contributed by atoms with Crippen LogP contribution in [0.15, 0.2) is 42.5 Å². The molecular formula is C21H18ClN3O2S. The van der Waals surface area contributed by atoms with Crippen LogP contribution in [0.25, 0.3) is 10.2 Å². The Morgan fingerprint density at radius 3 is 2.89 bits per heavy atom. The predicted molar refractivity (Wildman–Crippen MR) is 111 cm³/mol. The smallest absolute Gasteiger partial charge is 0.291 e. The van der Waals surface area contributed by atoms with E-state index in [9.17, 15) is 9.59 Å². The number of benzene rings is 2. The third-order valence-electron chi connectivity index (χ3n) is 5.44. The van der Waals surface area contributed by atoms with Crippen LogP contribution in [0.3, 0.4) is 0 Å². The molecule has 1 atom stereocenters. The van der Waals surface area contributed by atoms with E-state index >= 15 is 0 Å². The van der Waals surface area contributed by atoms with E-state index < -0.39 is 11.7 Å². The van der Waals surface area contributed by atoms with E-state index in [0.29, 0.717) is 28.9 Å². The van der Waals surface area contributed by atoms with Crippen molar-refractivity contribution in [2.24, 2.45) is 0 Å². The van der Waals surface area contributed by atoms with Crippen molar-refractivity contribution in [3.63, 3.8) is 0 Å². The van der Waals surface area contributed by atoms with Gasteiger partial charge in [-0.1, -0.05) is 23.7 Å². The van der Waals surface area contributed by atoms with Gasteiger partial charge in [-0.3, -0.25) is 19.4 Å². The molecule has 1 amide bonds. The second kappa shape index (κ2) is 6.95. The van der Waals surface area contributed by atoms with Crippen LogP contribution in [-0.2, 0) is 4.79 Å². The quantitative estimate of drug-likeness (QED) is 0.602. The molecule has 1 saturated heterocycles. The largest absolute Gasteiger partial charge is 0.300 e. The number of ketones is 1. The van der Waals surface area contributed by atoms with Crippen LogP contribution < -0.4 is 4.90 Å². The number of rotatable bonds is 3. The first-order chi connectivity index (χ1) is 13.6. The zero-order valence-electron chi connectivity index (χ0n) is 15.1. The number of halogens is 1. The second-order valence-corrected chi connectivity index (χ2v) is 8.80. The summed E-state index contributed by atoms with van der Waals surface area (Å²) in [5, 5.41) is 1.62. The Labute approximate surface area is 171 Å². The van der Waals surface area contributed by atoms with Crippen LogP contribution in [0.5, 0.6) is 0 Å². The maximum absolute atomic E-state index is 12.5. The minimum absolute atomic E-state index is 0.351. The van der Waals surface area contributed by atoms with Crippen molar-refractivity contribution in [1.29, 1.82) is 0 Å². The molecule has 1 fully saturated rings. The van der Waals surface area contributed by atoms with Crippen molar-refractivity contribution < 1.29 is 9.59 Å². The minimum Gasteiger partial charge on any atom is -0.291 e. The zero-order valence-corrected chi connectivity index (χ0v) is 16.7. The van der Waals surface area contributed by atoms with Crippen LogP contribution in [0.2, 0.25) is 5.02 Å². The number of piperidine rings is 1. The molecule has 5 rings (SSSR count). The summed E-state index contributed by atoms with van der Waals surface area (Å²) in [6.07, 6.45) is 2.14. The average molecular weight is 412 g/mol. The predicted octanol–water partition coefficient (Wildman–Crippen LogP) is 4.32. The number of likely N-dealkylation sites (tertiary alicyclic amines) is 1. The molecule has 0 spiro atoms. The van der Waals surface area contributed by atoms with Crippen LogP contribution in [0, 0.1) is 0 Å². The van der Waals surface area contributed by atoms with Gasteiger partial charge < -0.3 is 0 Å². The van der Waals surface area contributed by atoms with Crippen LogP contribution >= 0.6 is 22.9 Å². The number of amides is 1. The Bertz CT molecular complexity index is 1060. The van der Waals surface area contributed by atoms with Gasteiger partial charge in [0.05, 0.1) is 33.1 Å². The lowest BCUT2D eigenvalue weighted by Gasteiger charge is -2.34. The number of carbonyl (C=O) groups excluding carboxylic acids is 2. The third-order valence-corrected chi connectivity index (χ3v) is 6.87. The molecule has 0 N–H and O–H groups in total. The van der Waals surface area contributed by atoms with Gasteiger partial charge >= 0.3 is 5.91 Å². The number of hydrogen-bond acceptors (Lipinski definition) is 5. The van der Waals surface area contributed by atoms with Gasteiger partial charge in [0.1, 0.15) is 0 Å². The number of anilines is 1. The summed E-state index contributed by atoms with van der Waals surface area (Å²) in [6.45, 7) is 2.16. The van der Waals surface area contributed by atoms with E-state index in [4.69, 9.17) is 16.6 Å². The summed E-state index contributed by atoms with van der Waals surface area (Å²) >= 11 is 7.75. The lowest BCUT2D eigenvalue weighted by Crippen LogP contribution is -2.44. The number of para-hydroxylation sites is 1. The molecule has 2 aliphatic heterocycles. The normalized spacial score (nSPS) is 20.2. The van der Waals surface area contributed by atoms with Crippen LogP contribution in [-0.4, -0.2) is 41.3 Å². The maximum Gasteiger partial charge on any atom is 0.300 e. The lowest BCUT2D eigenvalue weighted by molar-refractivity contribution is -0.114. The molecule has 3 aromatic rings. The van der Waals surface area contributed by atoms with Crippen LogP contribution in [0.1, 0.15) is 34.1 Å². The van der Waals surface area contributed by atoms with Gasteiger partial charge in [0.2, 0.25) is 0 Å². The molecule has 0 radical (unpaired) electrons. The van der Waals surface area contributed by atoms with Gasteiger partial charge in [0, 0.05) is 17.5 Å². The Morgan fingerprint density at radius 2 is 2.04 bits per heavy atom. The van der Waals surface area contributed by atoms with E-state index in [1.165, 1.54) is 4.70 Å². The van der Waals surface area contributed by atoms with Crippen molar-refractivity contribution in [1.82, 2.24) is 9.88 Å². The van der Waals surface area contributed by atoms with Crippen molar-refractivity contribution >= 4 is 50.5 Å². The number of carbonyl (C=O) groups is 2. The number of fused-ring (bicyclic) bond motifs is 2. The van der Waals surface area contributed by atoms with Crippen molar-refractivity contribution in [3.8, 4) is 0 Å². The highest BCUT2D eigenvalue weighted by Gasteiger charge is 2.37. The first-order valence-electron chi connectivity index (χ1n) is 9.34.